The maximum atomic E-state index is 5.90. The molecule has 102 valence electrons. The number of halogens is 1. The molecule has 1 aromatic heterocycles. The van der Waals surface area contributed by atoms with E-state index < -0.39 is 0 Å². The maximum absolute atomic E-state index is 5.90. The molecule has 1 atom stereocenters. The van der Waals surface area contributed by atoms with Gasteiger partial charge in [0.15, 0.2) is 0 Å². The van der Waals surface area contributed by atoms with Crippen LogP contribution in [-0.4, -0.2) is 6.54 Å². The molecule has 0 fully saturated rings. The van der Waals surface area contributed by atoms with Crippen molar-refractivity contribution in [2.45, 2.75) is 25.8 Å². The molecule has 0 radical (unpaired) electrons. The number of nitrogens with two attached hydrogens (primary N) is 1. The molecule has 1 aromatic carbocycles. The number of nitrogens with one attached hydrogen (secondary N) is 1. The van der Waals surface area contributed by atoms with E-state index in [-0.39, 0.29) is 0 Å². The van der Waals surface area contributed by atoms with E-state index in [2.05, 4.69) is 30.4 Å². The molecular weight excluding hydrogens is 276 g/mol. The summed E-state index contributed by atoms with van der Waals surface area (Å²) in [5.41, 5.74) is 7.86. The Balaban J connectivity index is 1.72. The Bertz CT molecular complexity index is 507. The van der Waals surface area contributed by atoms with Crippen LogP contribution in [0.3, 0.4) is 0 Å². The zero-order valence-electron chi connectivity index (χ0n) is 11.0. The summed E-state index contributed by atoms with van der Waals surface area (Å²) in [6.07, 6.45) is 1.11. The molecule has 1 unspecified atom stereocenters. The molecule has 2 nitrogen and oxygen atoms in total. The summed E-state index contributed by atoms with van der Waals surface area (Å²) in [5.74, 6) is 0.542. The Labute approximate surface area is 123 Å². The first-order chi connectivity index (χ1) is 9.15. The van der Waals surface area contributed by atoms with Crippen LogP contribution in [-0.2, 0) is 6.54 Å². The fraction of sp³-hybridized carbons (Fsp3) is 0.333. The molecule has 4 heteroatoms. The first-order valence-electron chi connectivity index (χ1n) is 6.45. The molecular formula is C15H19ClN2S. The number of anilines is 1. The lowest BCUT2D eigenvalue weighted by Crippen LogP contribution is -2.15. The molecule has 0 aliphatic carbocycles. The fourth-order valence-electron chi connectivity index (χ4n) is 1.97. The number of rotatable bonds is 6. The summed E-state index contributed by atoms with van der Waals surface area (Å²) in [6, 6.07) is 12.2. The van der Waals surface area contributed by atoms with Crippen molar-refractivity contribution in [2.75, 3.05) is 12.3 Å². The highest BCUT2D eigenvalue weighted by Gasteiger charge is 2.05. The minimum absolute atomic E-state index is 0.542. The van der Waals surface area contributed by atoms with Gasteiger partial charge in [0.1, 0.15) is 0 Å². The van der Waals surface area contributed by atoms with Gasteiger partial charge in [0, 0.05) is 17.1 Å². The average molecular weight is 295 g/mol. The topological polar surface area (TPSA) is 38.0 Å². The quantitative estimate of drug-likeness (QED) is 0.617. The summed E-state index contributed by atoms with van der Waals surface area (Å²) in [4.78, 5) is 1.28. The Morgan fingerprint density at radius 1 is 1.21 bits per heavy atom. The van der Waals surface area contributed by atoms with Gasteiger partial charge in [0.2, 0.25) is 0 Å². The Morgan fingerprint density at radius 2 is 1.95 bits per heavy atom. The van der Waals surface area contributed by atoms with E-state index in [0.29, 0.717) is 5.92 Å². The van der Waals surface area contributed by atoms with Gasteiger partial charge >= 0.3 is 0 Å². The van der Waals surface area contributed by atoms with Crippen molar-refractivity contribution >= 4 is 28.6 Å². The Morgan fingerprint density at radius 3 is 2.58 bits per heavy atom. The zero-order valence-corrected chi connectivity index (χ0v) is 12.6. The second-order valence-electron chi connectivity index (χ2n) is 4.74. The second-order valence-corrected chi connectivity index (χ2v) is 6.54. The molecule has 2 rings (SSSR count). The minimum atomic E-state index is 0.542. The number of thiophene rings is 1. The molecule has 0 spiro atoms. The second kappa shape index (κ2) is 6.94. The number of hydrogen-bond acceptors (Lipinski definition) is 3. The predicted molar refractivity (Wildman–Crippen MR) is 84.9 cm³/mol. The molecule has 0 saturated carbocycles. The SMILES string of the molecule is CC(CCNCc1ccc(Cl)s1)c1ccc(N)cc1. The highest BCUT2D eigenvalue weighted by Crippen LogP contribution is 2.22. The monoisotopic (exact) mass is 294 g/mol. The van der Waals surface area contributed by atoms with Gasteiger partial charge in [-0.25, -0.2) is 0 Å². The van der Waals surface area contributed by atoms with E-state index in [1.54, 1.807) is 11.3 Å². The van der Waals surface area contributed by atoms with Crippen molar-refractivity contribution in [3.63, 3.8) is 0 Å². The normalized spacial score (nSPS) is 12.5. The first-order valence-corrected chi connectivity index (χ1v) is 7.65. The summed E-state index contributed by atoms with van der Waals surface area (Å²) >= 11 is 7.53. The van der Waals surface area contributed by atoms with Gasteiger partial charge < -0.3 is 11.1 Å². The van der Waals surface area contributed by atoms with Crippen molar-refractivity contribution in [2.24, 2.45) is 0 Å². The molecule has 0 aliphatic heterocycles. The van der Waals surface area contributed by atoms with E-state index in [9.17, 15) is 0 Å². The highest BCUT2D eigenvalue weighted by molar-refractivity contribution is 7.16. The fourth-order valence-corrected chi connectivity index (χ4v) is 3.03. The van der Waals surface area contributed by atoms with Crippen LogP contribution >= 0.6 is 22.9 Å². The molecule has 2 aromatic rings. The zero-order chi connectivity index (χ0) is 13.7. The van der Waals surface area contributed by atoms with Gasteiger partial charge in [-0.05, 0) is 48.7 Å². The predicted octanol–water partition coefficient (Wildman–Crippen LogP) is 4.27. The van der Waals surface area contributed by atoms with Gasteiger partial charge in [-0.3, -0.25) is 0 Å². The van der Waals surface area contributed by atoms with E-state index >= 15 is 0 Å². The lowest BCUT2D eigenvalue weighted by molar-refractivity contribution is 0.597. The Hall–Kier alpha value is -1.03. The smallest absolute Gasteiger partial charge is 0.0931 e. The largest absolute Gasteiger partial charge is 0.399 e. The third kappa shape index (κ3) is 4.53. The van der Waals surface area contributed by atoms with Crippen LogP contribution in [0.1, 0.15) is 29.7 Å². The Kier molecular flexibility index (Phi) is 5.25. The summed E-state index contributed by atoms with van der Waals surface area (Å²) < 4.78 is 0.854. The minimum Gasteiger partial charge on any atom is -0.399 e. The number of nitrogen functional groups attached to an aromatic ring is 1. The van der Waals surface area contributed by atoms with Crippen LogP contribution in [0.25, 0.3) is 0 Å². The van der Waals surface area contributed by atoms with Crippen molar-refractivity contribution in [1.82, 2.24) is 5.32 Å². The molecule has 1 heterocycles. The van der Waals surface area contributed by atoms with Crippen molar-refractivity contribution in [3.8, 4) is 0 Å². The first kappa shape index (κ1) is 14.4. The van der Waals surface area contributed by atoms with Gasteiger partial charge in [0.25, 0.3) is 0 Å². The number of hydrogen-bond donors (Lipinski definition) is 2. The van der Waals surface area contributed by atoms with Crippen LogP contribution in [0, 0.1) is 0 Å². The molecule has 0 bridgehead atoms. The van der Waals surface area contributed by atoms with E-state index in [1.165, 1.54) is 10.4 Å². The van der Waals surface area contributed by atoms with Gasteiger partial charge in [-0.1, -0.05) is 30.7 Å². The van der Waals surface area contributed by atoms with Gasteiger partial charge in [0.05, 0.1) is 4.34 Å². The maximum Gasteiger partial charge on any atom is 0.0931 e. The summed E-state index contributed by atoms with van der Waals surface area (Å²) in [7, 11) is 0. The average Bonchev–Trinajstić information content (AvgIpc) is 2.81. The van der Waals surface area contributed by atoms with Crippen LogP contribution in [0.5, 0.6) is 0 Å². The lowest BCUT2D eigenvalue weighted by atomic mass is 9.98. The standard InChI is InChI=1S/C15H19ClN2S/c1-11(12-2-4-13(17)5-3-12)8-9-18-10-14-6-7-15(16)19-14/h2-7,11,18H,8-10,17H2,1H3. The van der Waals surface area contributed by atoms with E-state index in [0.717, 1.165) is 29.5 Å². The summed E-state index contributed by atoms with van der Waals surface area (Å²) in [5, 5.41) is 3.45. The van der Waals surface area contributed by atoms with Crippen LogP contribution in [0.4, 0.5) is 5.69 Å². The molecule has 0 saturated heterocycles. The van der Waals surface area contributed by atoms with E-state index in [4.69, 9.17) is 17.3 Å². The van der Waals surface area contributed by atoms with Crippen molar-refractivity contribution < 1.29 is 0 Å². The van der Waals surface area contributed by atoms with E-state index in [1.807, 2.05) is 18.2 Å². The highest BCUT2D eigenvalue weighted by atomic mass is 35.5. The van der Waals surface area contributed by atoms with Crippen LogP contribution < -0.4 is 11.1 Å². The van der Waals surface area contributed by atoms with Crippen LogP contribution in [0.15, 0.2) is 36.4 Å². The molecule has 19 heavy (non-hydrogen) atoms. The molecule has 0 aliphatic rings. The third-order valence-corrected chi connectivity index (χ3v) is 4.42. The van der Waals surface area contributed by atoms with Crippen LogP contribution in [0.2, 0.25) is 4.34 Å². The third-order valence-electron chi connectivity index (χ3n) is 3.19. The van der Waals surface area contributed by atoms with Gasteiger partial charge in [-0.2, -0.15) is 0 Å². The lowest BCUT2D eigenvalue weighted by Gasteiger charge is -2.12. The van der Waals surface area contributed by atoms with Gasteiger partial charge in [-0.15, -0.1) is 11.3 Å². The summed E-state index contributed by atoms with van der Waals surface area (Å²) in [6.45, 7) is 4.14. The van der Waals surface area contributed by atoms with Crippen molar-refractivity contribution in [1.29, 1.82) is 0 Å². The number of benzene rings is 1. The molecule has 0 amide bonds. The molecule has 3 N–H and O–H groups in total. The van der Waals surface area contributed by atoms with Crippen molar-refractivity contribution in [3.05, 3.63) is 51.2 Å².